The molecule has 2 atom stereocenters. The lowest BCUT2D eigenvalue weighted by atomic mass is 9.76. The molecule has 0 radical (unpaired) electrons. The molecule has 3 rings (SSSR count). The number of anilines is 1. The smallest absolute Gasteiger partial charge is 0.230 e. The first-order valence-electron chi connectivity index (χ1n) is 9.39. The molecule has 28 heavy (non-hydrogen) atoms. The third kappa shape index (κ3) is 4.02. The molecule has 0 spiro atoms. The summed E-state index contributed by atoms with van der Waals surface area (Å²) in [6.45, 7) is 9.94. The van der Waals surface area contributed by atoms with Crippen molar-refractivity contribution in [2.24, 2.45) is 11.8 Å². The van der Waals surface area contributed by atoms with Gasteiger partial charge in [-0.25, -0.2) is 4.98 Å². The van der Waals surface area contributed by atoms with Gasteiger partial charge in [0.25, 0.3) is 0 Å². The number of rotatable bonds is 4. The largest absolute Gasteiger partial charge is 0.550 e. The van der Waals surface area contributed by atoms with Crippen LogP contribution in [0.4, 0.5) is 5.13 Å². The van der Waals surface area contributed by atoms with E-state index in [0.29, 0.717) is 18.0 Å². The van der Waals surface area contributed by atoms with Crippen LogP contribution in [-0.4, -0.2) is 16.9 Å². The Labute approximate surface area is 169 Å². The Balaban J connectivity index is 1.84. The molecule has 6 heteroatoms. The molecule has 0 saturated heterocycles. The van der Waals surface area contributed by atoms with E-state index in [1.165, 1.54) is 16.9 Å². The maximum Gasteiger partial charge on any atom is 0.230 e. The highest BCUT2D eigenvalue weighted by Gasteiger charge is 2.34. The summed E-state index contributed by atoms with van der Waals surface area (Å²) in [6, 6.07) is 6.20. The predicted octanol–water partition coefficient (Wildman–Crippen LogP) is 3.79. The summed E-state index contributed by atoms with van der Waals surface area (Å²) >= 11 is 1.41. The molecule has 0 unspecified atom stereocenters. The van der Waals surface area contributed by atoms with E-state index < -0.39 is 17.8 Å². The number of benzene rings is 1. The first-order valence-corrected chi connectivity index (χ1v) is 10.2. The summed E-state index contributed by atoms with van der Waals surface area (Å²) in [5.74, 6) is -2.91. The van der Waals surface area contributed by atoms with Crippen LogP contribution in [0.3, 0.4) is 0 Å². The van der Waals surface area contributed by atoms with Gasteiger partial charge in [-0.2, -0.15) is 0 Å². The molecule has 0 bridgehead atoms. The summed E-state index contributed by atoms with van der Waals surface area (Å²) in [5, 5.41) is 14.9. The summed E-state index contributed by atoms with van der Waals surface area (Å²) in [4.78, 5) is 30.0. The number of carbonyl (C=O) groups excluding carboxylic acids is 2. The first-order chi connectivity index (χ1) is 13.2. The fourth-order valence-electron chi connectivity index (χ4n) is 3.79. The van der Waals surface area contributed by atoms with Crippen molar-refractivity contribution in [1.29, 1.82) is 0 Å². The Morgan fingerprint density at radius 3 is 2.32 bits per heavy atom. The maximum absolute atomic E-state index is 12.8. The van der Waals surface area contributed by atoms with Crippen molar-refractivity contribution in [3.05, 3.63) is 45.3 Å². The molecule has 0 saturated carbocycles. The number of hydrogen-bond acceptors (Lipinski definition) is 5. The van der Waals surface area contributed by atoms with Crippen molar-refractivity contribution in [3.8, 4) is 11.3 Å². The average Bonchev–Trinajstić information content (AvgIpc) is 2.96. The topological polar surface area (TPSA) is 82.1 Å². The molecular weight excluding hydrogens is 372 g/mol. The highest BCUT2D eigenvalue weighted by Crippen LogP contribution is 2.36. The van der Waals surface area contributed by atoms with Crippen LogP contribution in [0.5, 0.6) is 0 Å². The minimum atomic E-state index is -1.17. The van der Waals surface area contributed by atoms with Gasteiger partial charge in [0.2, 0.25) is 5.91 Å². The van der Waals surface area contributed by atoms with Gasteiger partial charge in [-0.15, -0.1) is 11.3 Å². The molecule has 1 aliphatic rings. The number of nitrogens with zero attached hydrogens (tertiary/aromatic N) is 1. The minimum absolute atomic E-state index is 0.304. The normalized spacial score (nSPS) is 19.6. The van der Waals surface area contributed by atoms with Crippen molar-refractivity contribution < 1.29 is 14.7 Å². The van der Waals surface area contributed by atoms with E-state index in [9.17, 15) is 14.7 Å². The lowest BCUT2D eigenvalue weighted by Crippen LogP contribution is -2.42. The number of amides is 1. The molecule has 2 aromatic rings. The number of aliphatic carboxylic acids is 1. The molecule has 148 valence electrons. The summed E-state index contributed by atoms with van der Waals surface area (Å²) in [6.07, 6.45) is 0.793. The highest BCUT2D eigenvalue weighted by molar-refractivity contribution is 7.16. The number of allylic oxidation sites excluding steroid dienone is 2. The van der Waals surface area contributed by atoms with Crippen LogP contribution >= 0.6 is 11.3 Å². The van der Waals surface area contributed by atoms with Crippen molar-refractivity contribution in [2.45, 2.75) is 47.5 Å². The van der Waals surface area contributed by atoms with Crippen molar-refractivity contribution >= 4 is 28.3 Å². The fraction of sp³-hybridized carbons (Fsp3) is 0.409. The Hall–Kier alpha value is -2.47. The Morgan fingerprint density at radius 2 is 1.71 bits per heavy atom. The second-order valence-corrected chi connectivity index (χ2v) is 8.94. The van der Waals surface area contributed by atoms with E-state index >= 15 is 0 Å². The third-order valence-electron chi connectivity index (χ3n) is 5.57. The number of aryl methyl sites for hydroxylation is 3. The van der Waals surface area contributed by atoms with Gasteiger partial charge in [0, 0.05) is 22.3 Å². The molecular formula is C22H25N2O3S-. The predicted molar refractivity (Wildman–Crippen MR) is 110 cm³/mol. The molecule has 0 aliphatic heterocycles. The van der Waals surface area contributed by atoms with E-state index in [2.05, 4.69) is 16.4 Å². The molecule has 1 aromatic heterocycles. The zero-order valence-corrected chi connectivity index (χ0v) is 17.7. The Kier molecular flexibility index (Phi) is 5.70. The standard InChI is InChI=1S/C22H26N2O3S/c1-11-6-7-16(14(4)8-11)19-15(5)28-22(23-19)24-20(25)17-9-12(2)13(3)10-18(17)21(26)27/h6-8,17-18H,9-10H2,1-5H3,(H,26,27)(H,23,24,25)/p-1/t17-,18-/m0/s1. The van der Waals surface area contributed by atoms with E-state index in [4.69, 9.17) is 0 Å². The Morgan fingerprint density at radius 1 is 1.07 bits per heavy atom. The monoisotopic (exact) mass is 397 g/mol. The third-order valence-corrected chi connectivity index (χ3v) is 6.46. The molecule has 5 nitrogen and oxygen atoms in total. The molecule has 1 amide bonds. The van der Waals surface area contributed by atoms with E-state index in [1.807, 2.05) is 46.8 Å². The minimum Gasteiger partial charge on any atom is -0.550 e. The van der Waals surface area contributed by atoms with Crippen LogP contribution in [0.15, 0.2) is 29.3 Å². The zero-order valence-electron chi connectivity index (χ0n) is 16.9. The van der Waals surface area contributed by atoms with Crippen molar-refractivity contribution in [2.75, 3.05) is 5.32 Å². The number of carboxylic acids is 1. The number of nitrogens with one attached hydrogen (secondary N) is 1. The molecule has 1 aromatic carbocycles. The average molecular weight is 398 g/mol. The van der Waals surface area contributed by atoms with Crippen molar-refractivity contribution in [3.63, 3.8) is 0 Å². The summed E-state index contributed by atoms with van der Waals surface area (Å²) in [5.41, 5.74) is 6.31. The maximum atomic E-state index is 12.8. The van der Waals surface area contributed by atoms with Gasteiger partial charge < -0.3 is 15.2 Å². The van der Waals surface area contributed by atoms with Gasteiger partial charge in [-0.3, -0.25) is 4.79 Å². The van der Waals surface area contributed by atoms with E-state index in [-0.39, 0.29) is 5.91 Å². The Bertz CT molecular complexity index is 974. The van der Waals surface area contributed by atoms with Crippen LogP contribution in [0.25, 0.3) is 11.3 Å². The van der Waals surface area contributed by atoms with E-state index in [1.54, 1.807) is 0 Å². The number of carbonyl (C=O) groups is 2. The quantitative estimate of drug-likeness (QED) is 0.796. The van der Waals surface area contributed by atoms with E-state index in [0.717, 1.165) is 32.8 Å². The van der Waals surface area contributed by atoms with Crippen LogP contribution in [0.1, 0.15) is 42.7 Å². The number of thiazole rings is 1. The molecule has 0 fully saturated rings. The zero-order chi connectivity index (χ0) is 20.6. The lowest BCUT2D eigenvalue weighted by Gasteiger charge is -2.32. The van der Waals surface area contributed by atoms with Crippen LogP contribution in [-0.2, 0) is 9.59 Å². The van der Waals surface area contributed by atoms with Gasteiger partial charge in [0.15, 0.2) is 5.13 Å². The fourth-order valence-corrected chi connectivity index (χ4v) is 4.62. The number of aromatic nitrogens is 1. The van der Waals surface area contributed by atoms with Gasteiger partial charge in [-0.1, -0.05) is 34.9 Å². The molecule has 1 heterocycles. The van der Waals surface area contributed by atoms with Gasteiger partial charge >= 0.3 is 0 Å². The van der Waals surface area contributed by atoms with Crippen molar-refractivity contribution in [1.82, 2.24) is 4.98 Å². The van der Waals surface area contributed by atoms with Crippen LogP contribution in [0.2, 0.25) is 0 Å². The lowest BCUT2D eigenvalue weighted by molar-refractivity contribution is -0.313. The molecule has 1 N–H and O–H groups in total. The molecule has 1 aliphatic carbocycles. The second kappa shape index (κ2) is 7.87. The highest BCUT2D eigenvalue weighted by atomic mass is 32.1. The summed E-state index contributed by atoms with van der Waals surface area (Å²) in [7, 11) is 0. The number of hydrogen-bond donors (Lipinski definition) is 1. The van der Waals surface area contributed by atoms with Gasteiger partial charge in [-0.05, 0) is 53.0 Å². The van der Waals surface area contributed by atoms with Gasteiger partial charge in [0.1, 0.15) is 0 Å². The van der Waals surface area contributed by atoms with Gasteiger partial charge in [0.05, 0.1) is 11.6 Å². The number of carboxylic acid groups (broad SMARTS) is 1. The van der Waals surface area contributed by atoms with Crippen LogP contribution < -0.4 is 10.4 Å². The summed E-state index contributed by atoms with van der Waals surface area (Å²) < 4.78 is 0. The first kappa shape index (κ1) is 20.3. The van der Waals surface area contributed by atoms with Crippen LogP contribution in [0, 0.1) is 32.6 Å². The second-order valence-electron chi connectivity index (χ2n) is 7.73. The SMILES string of the molecule is CC1=C(C)C[C@H](C(=O)Nc2nc(-c3ccc(C)cc3C)c(C)s2)[C@@H](C(=O)[O-])C1.